The number of benzene rings is 1. The summed E-state index contributed by atoms with van der Waals surface area (Å²) >= 11 is 0. The largest absolute Gasteiger partial charge is 0.270 e. The van der Waals surface area contributed by atoms with Gasteiger partial charge < -0.3 is 0 Å². The molecule has 2 rings (SSSR count). The molecule has 1 heterocycles. The van der Waals surface area contributed by atoms with E-state index in [0.717, 1.165) is 25.9 Å². The highest BCUT2D eigenvalue weighted by Gasteiger charge is 2.20. The number of alkyl halides is 1. The molecule has 0 saturated carbocycles. The van der Waals surface area contributed by atoms with Crippen molar-refractivity contribution in [3.63, 3.8) is 0 Å². The Kier molecular flexibility index (Phi) is 3.14. The van der Waals surface area contributed by atoms with E-state index in [9.17, 15) is 4.39 Å². The summed E-state index contributed by atoms with van der Waals surface area (Å²) in [5.74, 6) is 0. The molecule has 1 nitrogen and oxygen atoms in total. The van der Waals surface area contributed by atoms with Crippen molar-refractivity contribution >= 4 is 0 Å². The molecule has 14 heavy (non-hydrogen) atoms. The lowest BCUT2D eigenvalue weighted by Crippen LogP contribution is -2.35. The molecule has 0 amide bonds. The predicted octanol–water partition coefficient (Wildman–Crippen LogP) is 2.97. The molecule has 2 heteroatoms. The lowest BCUT2D eigenvalue weighted by atomic mass is 10.1. The highest BCUT2D eigenvalue weighted by molar-refractivity contribution is 5.14. The fourth-order valence-electron chi connectivity index (χ4n) is 1.95. The normalized spacial score (nSPS) is 23.6. The molecule has 0 N–H and O–H groups in total. The van der Waals surface area contributed by atoms with Crippen LogP contribution in [-0.2, 0) is 6.54 Å². The Hall–Kier alpha value is -0.890. The SMILES string of the molecule is FC1CCCCN1Cc1ccccc1. The summed E-state index contributed by atoms with van der Waals surface area (Å²) in [5, 5.41) is 0. The smallest absolute Gasteiger partial charge is 0.153 e. The molecule has 1 fully saturated rings. The van der Waals surface area contributed by atoms with Gasteiger partial charge in [0.25, 0.3) is 0 Å². The van der Waals surface area contributed by atoms with Crippen molar-refractivity contribution < 1.29 is 4.39 Å². The minimum Gasteiger partial charge on any atom is -0.270 e. The second-order valence-corrected chi connectivity index (χ2v) is 3.89. The van der Waals surface area contributed by atoms with Crippen LogP contribution in [-0.4, -0.2) is 17.7 Å². The maximum absolute atomic E-state index is 13.5. The number of halogens is 1. The first-order valence-corrected chi connectivity index (χ1v) is 5.28. The van der Waals surface area contributed by atoms with E-state index in [1.54, 1.807) is 0 Å². The van der Waals surface area contributed by atoms with Crippen molar-refractivity contribution in [3.8, 4) is 0 Å². The second kappa shape index (κ2) is 4.56. The first-order chi connectivity index (χ1) is 6.86. The first-order valence-electron chi connectivity index (χ1n) is 5.28. The van der Waals surface area contributed by atoms with Crippen LogP contribution in [0.5, 0.6) is 0 Å². The highest BCUT2D eigenvalue weighted by Crippen LogP contribution is 2.19. The van der Waals surface area contributed by atoms with Crippen LogP contribution in [0.15, 0.2) is 30.3 Å². The molecular weight excluding hydrogens is 177 g/mol. The summed E-state index contributed by atoms with van der Waals surface area (Å²) in [5.41, 5.74) is 1.21. The Morgan fingerprint density at radius 2 is 2.00 bits per heavy atom. The van der Waals surface area contributed by atoms with Crippen LogP contribution in [0.4, 0.5) is 4.39 Å². The zero-order chi connectivity index (χ0) is 9.80. The Balaban J connectivity index is 1.96. The molecule has 1 aromatic carbocycles. The van der Waals surface area contributed by atoms with Crippen LogP contribution in [0.2, 0.25) is 0 Å². The zero-order valence-corrected chi connectivity index (χ0v) is 8.32. The van der Waals surface area contributed by atoms with Gasteiger partial charge in [0.1, 0.15) is 0 Å². The average Bonchev–Trinajstić information content (AvgIpc) is 2.23. The standard InChI is InChI=1S/C12H16FN/c13-12-8-4-5-9-14(12)10-11-6-2-1-3-7-11/h1-3,6-7,12H,4-5,8-10H2. The van der Waals surface area contributed by atoms with Gasteiger partial charge in [-0.15, -0.1) is 0 Å². The Bertz CT molecular complexity index is 273. The van der Waals surface area contributed by atoms with Crippen LogP contribution >= 0.6 is 0 Å². The fraction of sp³-hybridized carbons (Fsp3) is 0.500. The Labute approximate surface area is 84.5 Å². The third-order valence-electron chi connectivity index (χ3n) is 2.76. The van der Waals surface area contributed by atoms with Crippen molar-refractivity contribution in [3.05, 3.63) is 35.9 Å². The summed E-state index contributed by atoms with van der Waals surface area (Å²) in [6.45, 7) is 1.65. The molecule has 76 valence electrons. The first kappa shape index (κ1) is 9.66. The van der Waals surface area contributed by atoms with Crippen LogP contribution in [0.25, 0.3) is 0 Å². The zero-order valence-electron chi connectivity index (χ0n) is 8.32. The minimum absolute atomic E-state index is 0.701. The van der Waals surface area contributed by atoms with E-state index in [2.05, 4.69) is 12.1 Å². The third-order valence-corrected chi connectivity index (χ3v) is 2.76. The molecule has 1 aromatic rings. The molecule has 0 aromatic heterocycles. The van der Waals surface area contributed by atoms with Crippen molar-refractivity contribution in [1.82, 2.24) is 4.90 Å². The van der Waals surface area contributed by atoms with Crippen molar-refractivity contribution in [2.75, 3.05) is 6.54 Å². The molecule has 0 aliphatic carbocycles. The molecular formula is C12H16FN. The van der Waals surface area contributed by atoms with Gasteiger partial charge in [-0.25, -0.2) is 4.39 Å². The third kappa shape index (κ3) is 2.32. The summed E-state index contributed by atoms with van der Waals surface area (Å²) in [7, 11) is 0. The Morgan fingerprint density at radius 1 is 1.21 bits per heavy atom. The minimum atomic E-state index is -0.732. The van der Waals surface area contributed by atoms with Gasteiger partial charge in [-0.1, -0.05) is 30.3 Å². The van der Waals surface area contributed by atoms with E-state index in [1.165, 1.54) is 5.56 Å². The number of likely N-dealkylation sites (tertiary alicyclic amines) is 1. The topological polar surface area (TPSA) is 3.24 Å². The molecule has 1 atom stereocenters. The van der Waals surface area contributed by atoms with Crippen LogP contribution in [0.3, 0.4) is 0 Å². The summed E-state index contributed by atoms with van der Waals surface area (Å²) in [6, 6.07) is 10.1. The van der Waals surface area contributed by atoms with Crippen LogP contribution in [0, 0.1) is 0 Å². The number of hydrogen-bond acceptors (Lipinski definition) is 1. The number of hydrogen-bond donors (Lipinski definition) is 0. The van der Waals surface area contributed by atoms with E-state index in [-0.39, 0.29) is 0 Å². The van der Waals surface area contributed by atoms with Crippen LogP contribution in [0.1, 0.15) is 24.8 Å². The summed E-state index contributed by atoms with van der Waals surface area (Å²) in [6.07, 6.45) is 2.14. The molecule has 0 spiro atoms. The molecule has 1 aliphatic rings. The van der Waals surface area contributed by atoms with Gasteiger partial charge in [-0.2, -0.15) is 0 Å². The average molecular weight is 193 g/mol. The lowest BCUT2D eigenvalue weighted by Gasteiger charge is -2.30. The summed E-state index contributed by atoms with van der Waals surface area (Å²) in [4.78, 5) is 1.93. The lowest BCUT2D eigenvalue weighted by molar-refractivity contribution is 0.0399. The maximum Gasteiger partial charge on any atom is 0.153 e. The highest BCUT2D eigenvalue weighted by atomic mass is 19.1. The molecule has 0 radical (unpaired) electrons. The second-order valence-electron chi connectivity index (χ2n) is 3.89. The molecule has 1 saturated heterocycles. The van der Waals surface area contributed by atoms with E-state index in [0.29, 0.717) is 6.42 Å². The Morgan fingerprint density at radius 3 is 2.71 bits per heavy atom. The molecule has 1 unspecified atom stereocenters. The van der Waals surface area contributed by atoms with Gasteiger partial charge in [0, 0.05) is 13.1 Å². The number of rotatable bonds is 2. The molecule has 1 aliphatic heterocycles. The van der Waals surface area contributed by atoms with E-state index >= 15 is 0 Å². The number of nitrogens with zero attached hydrogens (tertiary/aromatic N) is 1. The van der Waals surface area contributed by atoms with Gasteiger partial charge in [0.15, 0.2) is 6.30 Å². The van der Waals surface area contributed by atoms with Gasteiger partial charge in [0.05, 0.1) is 0 Å². The number of piperidine rings is 1. The quantitative estimate of drug-likeness (QED) is 0.653. The van der Waals surface area contributed by atoms with E-state index in [4.69, 9.17) is 0 Å². The summed E-state index contributed by atoms with van der Waals surface area (Å²) < 4.78 is 13.5. The van der Waals surface area contributed by atoms with Gasteiger partial charge in [-0.3, -0.25) is 4.90 Å². The van der Waals surface area contributed by atoms with Crippen molar-refractivity contribution in [1.29, 1.82) is 0 Å². The van der Waals surface area contributed by atoms with Crippen molar-refractivity contribution in [2.45, 2.75) is 32.1 Å². The van der Waals surface area contributed by atoms with E-state index in [1.807, 2.05) is 23.1 Å². The van der Waals surface area contributed by atoms with Gasteiger partial charge in [-0.05, 0) is 24.8 Å². The maximum atomic E-state index is 13.5. The molecule has 0 bridgehead atoms. The van der Waals surface area contributed by atoms with Gasteiger partial charge in [0.2, 0.25) is 0 Å². The fourth-order valence-corrected chi connectivity index (χ4v) is 1.95. The van der Waals surface area contributed by atoms with Gasteiger partial charge >= 0.3 is 0 Å². The van der Waals surface area contributed by atoms with Crippen LogP contribution < -0.4 is 0 Å². The van der Waals surface area contributed by atoms with Crippen molar-refractivity contribution in [2.24, 2.45) is 0 Å². The monoisotopic (exact) mass is 193 g/mol. The van der Waals surface area contributed by atoms with E-state index < -0.39 is 6.30 Å². The predicted molar refractivity (Wildman–Crippen MR) is 55.6 cm³/mol.